The van der Waals surface area contributed by atoms with Gasteiger partial charge in [-0.3, -0.25) is 9.69 Å². The molecule has 1 aliphatic rings. The molecular formula is C20H22FNO4. The van der Waals surface area contributed by atoms with Crippen LogP contribution >= 0.6 is 0 Å². The molecular weight excluding hydrogens is 337 g/mol. The zero-order valence-corrected chi connectivity index (χ0v) is 14.8. The summed E-state index contributed by atoms with van der Waals surface area (Å²) in [6.45, 7) is 0.588. The van der Waals surface area contributed by atoms with Crippen molar-refractivity contribution in [2.24, 2.45) is 0 Å². The molecule has 0 amide bonds. The van der Waals surface area contributed by atoms with E-state index in [1.807, 2.05) is 11.0 Å². The van der Waals surface area contributed by atoms with Crippen LogP contribution in [0.2, 0.25) is 0 Å². The summed E-state index contributed by atoms with van der Waals surface area (Å²) in [4.78, 5) is 13.6. The zero-order valence-electron chi connectivity index (χ0n) is 14.8. The summed E-state index contributed by atoms with van der Waals surface area (Å²) in [5.74, 6) is -0.148. The maximum atomic E-state index is 14.6. The lowest BCUT2D eigenvalue weighted by Crippen LogP contribution is -2.39. The molecule has 0 saturated carbocycles. The molecule has 2 aromatic rings. The summed E-state index contributed by atoms with van der Waals surface area (Å²) in [5.41, 5.74) is 1.22. The van der Waals surface area contributed by atoms with Crippen LogP contribution in [0.15, 0.2) is 42.5 Å². The van der Waals surface area contributed by atoms with Crippen molar-refractivity contribution in [3.05, 3.63) is 59.4 Å². The Labute approximate surface area is 152 Å². The number of methoxy groups -OCH3 is 2. The van der Waals surface area contributed by atoms with Crippen molar-refractivity contribution in [2.75, 3.05) is 20.8 Å². The summed E-state index contributed by atoms with van der Waals surface area (Å²) in [6.07, 6.45) is 1.31. The smallest absolute Gasteiger partial charge is 0.320 e. The van der Waals surface area contributed by atoms with E-state index in [0.717, 1.165) is 12.0 Å². The largest absolute Gasteiger partial charge is 0.493 e. The highest BCUT2D eigenvalue weighted by Crippen LogP contribution is 2.39. The number of aliphatic carboxylic acids is 1. The number of ether oxygens (including phenoxy) is 2. The first-order valence-corrected chi connectivity index (χ1v) is 8.51. The summed E-state index contributed by atoms with van der Waals surface area (Å²) in [7, 11) is 3.09. The standard InChI is InChI=1S/C20H22FNO4/c1-25-17-10-9-13(12-18(17)26-2)19(14-6-3-4-7-15(14)21)22-11-5-8-16(22)20(23)24/h3-4,6-7,9-10,12,16,19H,5,8,11H2,1-2H3,(H,23,24). The first kappa shape index (κ1) is 18.2. The van der Waals surface area contributed by atoms with E-state index in [4.69, 9.17) is 9.47 Å². The minimum absolute atomic E-state index is 0.358. The minimum atomic E-state index is -0.885. The first-order valence-electron chi connectivity index (χ1n) is 8.51. The van der Waals surface area contributed by atoms with Crippen LogP contribution in [0, 0.1) is 5.82 Å². The van der Waals surface area contributed by atoms with Gasteiger partial charge in [0.2, 0.25) is 0 Å². The molecule has 138 valence electrons. The summed E-state index contributed by atoms with van der Waals surface area (Å²) in [6, 6.07) is 10.7. The Bertz CT molecular complexity index is 795. The van der Waals surface area contributed by atoms with Crippen molar-refractivity contribution in [1.82, 2.24) is 4.90 Å². The third-order valence-electron chi connectivity index (χ3n) is 4.83. The molecule has 2 aromatic carbocycles. The van der Waals surface area contributed by atoms with Crippen LogP contribution in [-0.4, -0.2) is 42.8 Å². The number of hydrogen-bond donors (Lipinski definition) is 1. The van der Waals surface area contributed by atoms with Gasteiger partial charge in [0.25, 0.3) is 0 Å². The highest BCUT2D eigenvalue weighted by molar-refractivity contribution is 5.74. The number of nitrogens with zero attached hydrogens (tertiary/aromatic N) is 1. The quantitative estimate of drug-likeness (QED) is 0.856. The topological polar surface area (TPSA) is 59.0 Å². The van der Waals surface area contributed by atoms with E-state index in [9.17, 15) is 14.3 Å². The number of benzene rings is 2. The maximum Gasteiger partial charge on any atom is 0.320 e. The fourth-order valence-corrected chi connectivity index (χ4v) is 3.63. The number of hydrogen-bond acceptors (Lipinski definition) is 4. The molecule has 0 aliphatic carbocycles. The van der Waals surface area contributed by atoms with E-state index in [1.54, 1.807) is 37.4 Å². The van der Waals surface area contributed by atoms with Crippen molar-refractivity contribution >= 4 is 5.97 Å². The Hall–Kier alpha value is -2.60. The van der Waals surface area contributed by atoms with Gasteiger partial charge >= 0.3 is 5.97 Å². The van der Waals surface area contributed by atoms with Gasteiger partial charge in [0.15, 0.2) is 11.5 Å². The van der Waals surface area contributed by atoms with Crippen LogP contribution in [0.25, 0.3) is 0 Å². The predicted molar refractivity (Wildman–Crippen MR) is 95.2 cm³/mol. The molecule has 0 radical (unpaired) electrons. The highest BCUT2D eigenvalue weighted by Gasteiger charge is 2.38. The second-order valence-electron chi connectivity index (χ2n) is 6.27. The van der Waals surface area contributed by atoms with Crippen LogP contribution < -0.4 is 9.47 Å². The lowest BCUT2D eigenvalue weighted by Gasteiger charge is -2.32. The monoisotopic (exact) mass is 359 g/mol. The molecule has 1 aliphatic heterocycles. The van der Waals surface area contributed by atoms with Crippen molar-refractivity contribution in [2.45, 2.75) is 24.9 Å². The van der Waals surface area contributed by atoms with Gasteiger partial charge in [0.1, 0.15) is 11.9 Å². The van der Waals surface area contributed by atoms with Crippen LogP contribution in [0.4, 0.5) is 4.39 Å². The van der Waals surface area contributed by atoms with E-state index in [0.29, 0.717) is 30.0 Å². The number of carboxylic acids is 1. The van der Waals surface area contributed by atoms with Crippen molar-refractivity contribution in [1.29, 1.82) is 0 Å². The van der Waals surface area contributed by atoms with Crippen molar-refractivity contribution < 1.29 is 23.8 Å². The van der Waals surface area contributed by atoms with Gasteiger partial charge in [-0.05, 0) is 36.6 Å². The first-order chi connectivity index (χ1) is 12.6. The Kier molecular flexibility index (Phi) is 5.42. The minimum Gasteiger partial charge on any atom is -0.493 e. The van der Waals surface area contributed by atoms with Crippen molar-refractivity contribution in [3.63, 3.8) is 0 Å². The average molecular weight is 359 g/mol. The second-order valence-corrected chi connectivity index (χ2v) is 6.27. The van der Waals surface area contributed by atoms with Crippen molar-refractivity contribution in [3.8, 4) is 11.5 Å². The summed E-state index contributed by atoms with van der Waals surface area (Å²) in [5, 5.41) is 9.60. The summed E-state index contributed by atoms with van der Waals surface area (Å²) >= 11 is 0. The Morgan fingerprint density at radius 3 is 2.58 bits per heavy atom. The Morgan fingerprint density at radius 1 is 1.19 bits per heavy atom. The van der Waals surface area contributed by atoms with Gasteiger partial charge in [0.05, 0.1) is 20.3 Å². The molecule has 2 unspecified atom stereocenters. The van der Waals surface area contributed by atoms with Gasteiger partial charge in [-0.2, -0.15) is 0 Å². The molecule has 26 heavy (non-hydrogen) atoms. The third-order valence-corrected chi connectivity index (χ3v) is 4.83. The van der Waals surface area contributed by atoms with E-state index in [-0.39, 0.29) is 5.82 Å². The molecule has 3 rings (SSSR count). The fraction of sp³-hybridized carbons (Fsp3) is 0.350. The van der Waals surface area contributed by atoms with E-state index in [1.165, 1.54) is 13.2 Å². The Balaban J connectivity index is 2.12. The molecule has 1 saturated heterocycles. The molecule has 1 heterocycles. The number of carboxylic acid groups (broad SMARTS) is 1. The number of halogens is 1. The fourth-order valence-electron chi connectivity index (χ4n) is 3.63. The average Bonchev–Trinajstić information content (AvgIpc) is 3.13. The highest BCUT2D eigenvalue weighted by atomic mass is 19.1. The van der Waals surface area contributed by atoms with Crippen LogP contribution in [-0.2, 0) is 4.79 Å². The lowest BCUT2D eigenvalue weighted by molar-refractivity contribution is -0.142. The van der Waals surface area contributed by atoms with Gasteiger partial charge < -0.3 is 14.6 Å². The lowest BCUT2D eigenvalue weighted by atomic mass is 9.95. The third kappa shape index (κ3) is 3.37. The van der Waals surface area contributed by atoms with E-state index < -0.39 is 18.1 Å². The zero-order chi connectivity index (χ0) is 18.7. The van der Waals surface area contributed by atoms with Gasteiger partial charge in [0, 0.05) is 12.1 Å². The molecule has 6 heteroatoms. The van der Waals surface area contributed by atoms with Crippen LogP contribution in [0.3, 0.4) is 0 Å². The molecule has 1 N–H and O–H groups in total. The van der Waals surface area contributed by atoms with E-state index in [2.05, 4.69) is 0 Å². The Morgan fingerprint density at radius 2 is 1.92 bits per heavy atom. The number of carbonyl (C=O) groups is 1. The van der Waals surface area contributed by atoms with Gasteiger partial charge in [-0.25, -0.2) is 4.39 Å². The van der Waals surface area contributed by atoms with Crippen LogP contribution in [0.5, 0.6) is 11.5 Å². The molecule has 1 fully saturated rings. The van der Waals surface area contributed by atoms with Gasteiger partial charge in [-0.15, -0.1) is 0 Å². The maximum absolute atomic E-state index is 14.6. The second kappa shape index (κ2) is 7.74. The molecule has 0 aromatic heterocycles. The number of likely N-dealkylation sites (tertiary alicyclic amines) is 1. The molecule has 5 nitrogen and oxygen atoms in total. The SMILES string of the molecule is COc1ccc(C(c2ccccc2F)N2CCCC2C(=O)O)cc1OC. The predicted octanol–water partition coefficient (Wildman–Crippen LogP) is 3.48. The normalized spacial score (nSPS) is 18.5. The van der Waals surface area contributed by atoms with Gasteiger partial charge in [-0.1, -0.05) is 24.3 Å². The molecule has 0 spiro atoms. The molecule has 0 bridgehead atoms. The van der Waals surface area contributed by atoms with E-state index >= 15 is 0 Å². The molecule has 2 atom stereocenters. The number of rotatable bonds is 6. The summed E-state index contributed by atoms with van der Waals surface area (Å²) < 4.78 is 25.3. The van der Waals surface area contributed by atoms with Crippen LogP contribution in [0.1, 0.15) is 30.0 Å².